The summed E-state index contributed by atoms with van der Waals surface area (Å²) in [5.74, 6) is 0. The van der Waals surface area contributed by atoms with Crippen molar-refractivity contribution in [1.29, 1.82) is 0 Å². The average molecular weight is 114 g/mol. The van der Waals surface area contributed by atoms with Crippen molar-refractivity contribution in [3.63, 3.8) is 0 Å². The third-order valence-corrected chi connectivity index (χ3v) is 0.552. The maximum atomic E-state index is 9.41. The van der Waals surface area contributed by atoms with Crippen LogP contribution in [0.1, 0.15) is 6.92 Å². The summed E-state index contributed by atoms with van der Waals surface area (Å²) in [6, 6.07) is 0. The van der Waals surface area contributed by atoms with Crippen LogP contribution in [-0.2, 0) is 9.53 Å². The first kappa shape index (κ1) is 7.34. The summed E-state index contributed by atoms with van der Waals surface area (Å²) < 4.78 is 4.74. The van der Waals surface area contributed by atoms with Gasteiger partial charge in [0.2, 0.25) is 6.08 Å². The van der Waals surface area contributed by atoms with E-state index in [4.69, 9.17) is 4.74 Å². The number of aliphatic imine (C=N–C) groups is 1. The number of hydrogen-bond donors (Lipinski definition) is 0. The maximum absolute atomic E-state index is 9.41. The molecular weight excluding hydrogens is 106 g/mol. The topological polar surface area (TPSA) is 38.7 Å². The van der Waals surface area contributed by atoms with Gasteiger partial charge in [0.25, 0.3) is 0 Å². The van der Waals surface area contributed by atoms with Gasteiger partial charge in [0.05, 0.1) is 19.8 Å². The summed E-state index contributed by atoms with van der Waals surface area (Å²) in [5, 5.41) is 0. The van der Waals surface area contributed by atoms with Gasteiger partial charge >= 0.3 is 0 Å². The highest BCUT2D eigenvalue weighted by Crippen LogP contribution is 1.76. The first-order valence-corrected chi connectivity index (χ1v) is 2.35. The van der Waals surface area contributed by atoms with Gasteiger partial charge in [0.1, 0.15) is 0 Å². The zero-order chi connectivity index (χ0) is 6.24. The molecule has 0 aromatic heterocycles. The first-order valence-electron chi connectivity index (χ1n) is 2.35. The molecule has 0 aliphatic heterocycles. The van der Waals surface area contributed by atoms with E-state index in [1.807, 2.05) is 0 Å². The standard InChI is InChI=1S/C5H8NO2/c1-2-8-4-3-6-5-7/h2H,3-4H2,1H3. The van der Waals surface area contributed by atoms with E-state index in [1.54, 1.807) is 13.5 Å². The largest absolute Gasteiger partial charge is 0.374 e. The van der Waals surface area contributed by atoms with Crippen molar-refractivity contribution in [2.75, 3.05) is 13.2 Å². The molecule has 3 nitrogen and oxygen atoms in total. The van der Waals surface area contributed by atoms with Crippen LogP contribution in [-0.4, -0.2) is 19.2 Å². The third-order valence-electron chi connectivity index (χ3n) is 0.552. The Morgan fingerprint density at radius 2 is 2.62 bits per heavy atom. The van der Waals surface area contributed by atoms with Crippen LogP contribution in [0.5, 0.6) is 0 Å². The highest BCUT2D eigenvalue weighted by atomic mass is 16.5. The minimum absolute atomic E-state index is 0.397. The van der Waals surface area contributed by atoms with Crippen LogP contribution in [0.25, 0.3) is 0 Å². The fourth-order valence-electron chi connectivity index (χ4n) is 0.262. The van der Waals surface area contributed by atoms with E-state index in [1.165, 1.54) is 6.08 Å². The van der Waals surface area contributed by atoms with Crippen molar-refractivity contribution >= 4 is 6.08 Å². The Labute approximate surface area is 48.4 Å². The minimum Gasteiger partial charge on any atom is -0.374 e. The molecule has 0 aromatic carbocycles. The molecule has 0 heterocycles. The monoisotopic (exact) mass is 114 g/mol. The second-order valence-electron chi connectivity index (χ2n) is 1.08. The zero-order valence-electron chi connectivity index (χ0n) is 4.76. The zero-order valence-corrected chi connectivity index (χ0v) is 4.76. The molecule has 0 aromatic rings. The Morgan fingerprint density at radius 1 is 1.88 bits per heavy atom. The predicted molar refractivity (Wildman–Crippen MR) is 28.9 cm³/mol. The molecular formula is C5H8NO2. The van der Waals surface area contributed by atoms with Crippen LogP contribution < -0.4 is 0 Å². The summed E-state index contributed by atoms with van der Waals surface area (Å²) >= 11 is 0. The van der Waals surface area contributed by atoms with Crippen molar-refractivity contribution in [3.05, 3.63) is 6.61 Å². The number of carbonyl (C=O) groups excluding carboxylic acids is 1. The van der Waals surface area contributed by atoms with Crippen LogP contribution in [0.4, 0.5) is 0 Å². The van der Waals surface area contributed by atoms with Gasteiger partial charge in [-0.15, -0.1) is 0 Å². The van der Waals surface area contributed by atoms with Crippen LogP contribution in [0, 0.1) is 6.61 Å². The van der Waals surface area contributed by atoms with Gasteiger partial charge in [0, 0.05) is 0 Å². The summed E-state index contributed by atoms with van der Waals surface area (Å²) in [4.78, 5) is 12.7. The third kappa shape index (κ3) is 5.34. The van der Waals surface area contributed by atoms with Crippen molar-refractivity contribution in [3.8, 4) is 0 Å². The molecule has 0 saturated carbocycles. The van der Waals surface area contributed by atoms with Gasteiger partial charge in [-0.25, -0.2) is 9.79 Å². The molecule has 45 valence electrons. The van der Waals surface area contributed by atoms with E-state index in [0.29, 0.717) is 13.2 Å². The second kappa shape index (κ2) is 6.34. The molecule has 0 spiro atoms. The van der Waals surface area contributed by atoms with E-state index in [0.717, 1.165) is 0 Å². The van der Waals surface area contributed by atoms with E-state index >= 15 is 0 Å². The van der Waals surface area contributed by atoms with Gasteiger partial charge in [-0.3, -0.25) is 0 Å². The average Bonchev–Trinajstić information content (AvgIpc) is 1.81. The predicted octanol–water partition coefficient (Wildman–Crippen LogP) is 0.520. The van der Waals surface area contributed by atoms with E-state index in [2.05, 4.69) is 4.99 Å². The summed E-state index contributed by atoms with van der Waals surface area (Å²) in [5.41, 5.74) is 0. The highest BCUT2D eigenvalue weighted by molar-refractivity contribution is 5.32. The molecule has 0 amide bonds. The van der Waals surface area contributed by atoms with Gasteiger partial charge in [-0.1, -0.05) is 0 Å². The number of rotatable bonds is 4. The number of nitrogens with zero attached hydrogens (tertiary/aromatic N) is 1. The Balaban J connectivity index is 2.82. The lowest BCUT2D eigenvalue weighted by atomic mass is 10.7. The molecule has 0 fully saturated rings. The number of ether oxygens (including phenoxy) is 1. The van der Waals surface area contributed by atoms with Gasteiger partial charge in [-0.2, -0.15) is 0 Å². The van der Waals surface area contributed by atoms with Crippen LogP contribution in [0.2, 0.25) is 0 Å². The lowest BCUT2D eigenvalue weighted by Gasteiger charge is -1.90. The molecule has 0 saturated heterocycles. The van der Waals surface area contributed by atoms with Crippen molar-refractivity contribution in [2.45, 2.75) is 6.92 Å². The fraction of sp³-hybridized carbons (Fsp3) is 0.600. The molecule has 0 bridgehead atoms. The summed E-state index contributed by atoms with van der Waals surface area (Å²) in [6.45, 7) is 4.19. The molecule has 0 atom stereocenters. The molecule has 1 radical (unpaired) electrons. The Morgan fingerprint density at radius 3 is 3.12 bits per heavy atom. The van der Waals surface area contributed by atoms with Crippen molar-refractivity contribution in [1.82, 2.24) is 0 Å². The number of isocyanates is 1. The second-order valence-corrected chi connectivity index (χ2v) is 1.08. The summed E-state index contributed by atoms with van der Waals surface area (Å²) in [6.07, 6.45) is 1.41. The Bertz CT molecular complexity index is 86.4. The minimum atomic E-state index is 0.397. The smallest absolute Gasteiger partial charge is 0.235 e. The van der Waals surface area contributed by atoms with Gasteiger partial charge in [0.15, 0.2) is 0 Å². The molecule has 8 heavy (non-hydrogen) atoms. The lowest BCUT2D eigenvalue weighted by molar-refractivity contribution is 0.213. The Hall–Kier alpha value is -0.660. The molecule has 0 rings (SSSR count). The van der Waals surface area contributed by atoms with E-state index < -0.39 is 0 Å². The Kier molecular flexibility index (Phi) is 5.82. The quantitative estimate of drug-likeness (QED) is 0.303. The van der Waals surface area contributed by atoms with E-state index in [-0.39, 0.29) is 0 Å². The van der Waals surface area contributed by atoms with Gasteiger partial charge < -0.3 is 4.74 Å². The summed E-state index contributed by atoms with van der Waals surface area (Å²) in [7, 11) is 0. The van der Waals surface area contributed by atoms with E-state index in [9.17, 15) is 4.79 Å². The fourth-order valence-corrected chi connectivity index (χ4v) is 0.262. The van der Waals surface area contributed by atoms with Gasteiger partial charge in [-0.05, 0) is 6.92 Å². The van der Waals surface area contributed by atoms with Crippen LogP contribution >= 0.6 is 0 Å². The molecule has 0 aliphatic carbocycles. The molecule has 0 unspecified atom stereocenters. The van der Waals surface area contributed by atoms with Crippen LogP contribution in [0.3, 0.4) is 0 Å². The SMILES string of the molecule is C[CH]OCCN=C=O. The molecule has 3 heteroatoms. The molecule has 0 aliphatic rings. The highest BCUT2D eigenvalue weighted by Gasteiger charge is 1.78. The number of hydrogen-bond acceptors (Lipinski definition) is 3. The maximum Gasteiger partial charge on any atom is 0.235 e. The van der Waals surface area contributed by atoms with Crippen molar-refractivity contribution < 1.29 is 9.53 Å². The normalized spacial score (nSPS) is 8.12. The molecule has 0 N–H and O–H groups in total. The van der Waals surface area contributed by atoms with Crippen LogP contribution in [0.15, 0.2) is 4.99 Å². The first-order chi connectivity index (χ1) is 3.91. The lowest BCUT2D eigenvalue weighted by Crippen LogP contribution is -1.92. The van der Waals surface area contributed by atoms with Crippen molar-refractivity contribution in [2.24, 2.45) is 4.99 Å².